The Morgan fingerprint density at radius 1 is 0.614 bits per heavy atom. The zero-order valence-corrected chi connectivity index (χ0v) is 26.1. The van der Waals surface area contributed by atoms with Gasteiger partial charge in [-0.2, -0.15) is 0 Å². The van der Waals surface area contributed by atoms with Gasteiger partial charge in [0.2, 0.25) is 0 Å². The number of alkyl carbamates (subject to hydrolysis) is 1. The molecular formula is C31H53NO12. The van der Waals surface area contributed by atoms with Gasteiger partial charge in [-0.1, -0.05) is 30.3 Å². The van der Waals surface area contributed by atoms with Crippen LogP contribution in [0.25, 0.3) is 0 Å². The van der Waals surface area contributed by atoms with Gasteiger partial charge in [0, 0.05) is 13.2 Å². The van der Waals surface area contributed by atoms with Crippen LogP contribution in [-0.2, 0) is 58.7 Å². The molecule has 1 N–H and O–H groups in total. The summed E-state index contributed by atoms with van der Waals surface area (Å²) >= 11 is 0. The fourth-order valence-corrected chi connectivity index (χ4v) is 3.72. The molecule has 1 unspecified atom stereocenters. The maximum atomic E-state index is 11.6. The predicted molar refractivity (Wildman–Crippen MR) is 161 cm³/mol. The van der Waals surface area contributed by atoms with Crippen molar-refractivity contribution in [1.82, 2.24) is 5.32 Å². The molecule has 2 rings (SSSR count). The second-order valence-electron chi connectivity index (χ2n) is 9.55. The van der Waals surface area contributed by atoms with Crippen molar-refractivity contribution in [3.05, 3.63) is 35.9 Å². The summed E-state index contributed by atoms with van der Waals surface area (Å²) < 4.78 is 59.9. The summed E-state index contributed by atoms with van der Waals surface area (Å²) in [6.07, 6.45) is 2.71. The highest BCUT2D eigenvalue weighted by atomic mass is 16.7. The molecule has 1 aliphatic rings. The fraction of sp³-hybridized carbons (Fsp3) is 0.774. The second-order valence-corrected chi connectivity index (χ2v) is 9.55. The first-order valence-electron chi connectivity index (χ1n) is 15.6. The minimum Gasteiger partial charge on any atom is -0.445 e. The van der Waals surface area contributed by atoms with Crippen LogP contribution in [0, 0.1) is 0 Å². The topological polar surface area (TPSA) is 131 Å². The van der Waals surface area contributed by atoms with E-state index in [1.807, 2.05) is 30.3 Å². The molecule has 0 saturated carbocycles. The fourth-order valence-electron chi connectivity index (χ4n) is 3.72. The lowest BCUT2D eigenvalue weighted by Crippen LogP contribution is -2.28. The Morgan fingerprint density at radius 3 is 1.52 bits per heavy atom. The molecule has 1 aromatic rings. The maximum absolute atomic E-state index is 11.6. The first-order chi connectivity index (χ1) is 21.8. The minimum absolute atomic E-state index is 0.0689. The van der Waals surface area contributed by atoms with E-state index in [-0.39, 0.29) is 12.9 Å². The van der Waals surface area contributed by atoms with Crippen molar-refractivity contribution in [3.63, 3.8) is 0 Å². The summed E-state index contributed by atoms with van der Waals surface area (Å²) in [6.45, 7) is 9.80. The molecule has 254 valence electrons. The molecule has 1 amide bonds. The Hall–Kier alpha value is -1.91. The minimum atomic E-state index is -0.467. The zero-order chi connectivity index (χ0) is 31.0. The molecular weight excluding hydrogens is 578 g/mol. The average Bonchev–Trinajstić information content (AvgIpc) is 3.06. The average molecular weight is 632 g/mol. The highest BCUT2D eigenvalue weighted by molar-refractivity contribution is 5.67. The number of hydrogen-bond donors (Lipinski definition) is 1. The standard InChI is InChI=1S/C31H53NO12/c33-31(44-28-29-6-2-1-3-7-29)32-9-11-34-12-13-35-14-15-36-16-17-37-18-19-38-20-21-39-22-23-40-24-25-41-26-27-43-30-8-4-5-10-42-30/h1-3,6-7,30H,4-5,8-28H2,(H,32,33). The molecule has 1 fully saturated rings. The van der Waals surface area contributed by atoms with Crippen LogP contribution in [0.4, 0.5) is 4.79 Å². The van der Waals surface area contributed by atoms with Crippen molar-refractivity contribution in [1.29, 1.82) is 0 Å². The van der Waals surface area contributed by atoms with Crippen LogP contribution in [-0.4, -0.2) is 138 Å². The van der Waals surface area contributed by atoms with Gasteiger partial charge in [-0.3, -0.25) is 0 Å². The van der Waals surface area contributed by atoms with Gasteiger partial charge in [0.25, 0.3) is 0 Å². The molecule has 0 spiro atoms. The van der Waals surface area contributed by atoms with Crippen molar-refractivity contribution < 1.29 is 56.9 Å². The quantitative estimate of drug-likeness (QED) is 0.125. The van der Waals surface area contributed by atoms with Gasteiger partial charge in [0.15, 0.2) is 6.29 Å². The summed E-state index contributed by atoms with van der Waals surface area (Å²) in [5, 5.41) is 2.64. The molecule has 0 aromatic heterocycles. The van der Waals surface area contributed by atoms with Crippen molar-refractivity contribution in [3.8, 4) is 0 Å². The van der Waals surface area contributed by atoms with Gasteiger partial charge in [0.1, 0.15) is 6.61 Å². The van der Waals surface area contributed by atoms with Gasteiger partial charge in [0.05, 0.1) is 112 Å². The molecule has 1 saturated heterocycles. The van der Waals surface area contributed by atoms with Crippen LogP contribution >= 0.6 is 0 Å². The first kappa shape index (κ1) is 38.3. The first-order valence-corrected chi connectivity index (χ1v) is 15.6. The molecule has 0 radical (unpaired) electrons. The third-order valence-corrected chi connectivity index (χ3v) is 6.00. The molecule has 1 aromatic carbocycles. The van der Waals surface area contributed by atoms with Gasteiger partial charge in [-0.25, -0.2) is 4.79 Å². The van der Waals surface area contributed by atoms with E-state index in [0.29, 0.717) is 119 Å². The van der Waals surface area contributed by atoms with Crippen LogP contribution in [0.3, 0.4) is 0 Å². The number of nitrogens with one attached hydrogen (secondary N) is 1. The molecule has 0 aliphatic carbocycles. The Labute approximate surface area is 262 Å². The van der Waals surface area contributed by atoms with Gasteiger partial charge < -0.3 is 57.4 Å². The van der Waals surface area contributed by atoms with Gasteiger partial charge >= 0.3 is 6.09 Å². The molecule has 1 heterocycles. The monoisotopic (exact) mass is 631 g/mol. The third-order valence-electron chi connectivity index (χ3n) is 6.00. The van der Waals surface area contributed by atoms with Crippen molar-refractivity contribution >= 4 is 6.09 Å². The number of carbonyl (C=O) groups excluding carboxylic acids is 1. The second kappa shape index (κ2) is 29.8. The largest absolute Gasteiger partial charge is 0.445 e. The number of hydrogen-bond acceptors (Lipinski definition) is 12. The van der Waals surface area contributed by atoms with E-state index in [1.165, 1.54) is 0 Å². The summed E-state index contributed by atoms with van der Waals surface area (Å²) in [7, 11) is 0. The molecule has 0 bridgehead atoms. The normalized spacial score (nSPS) is 15.0. The summed E-state index contributed by atoms with van der Waals surface area (Å²) in [5.41, 5.74) is 0.940. The highest BCUT2D eigenvalue weighted by Crippen LogP contribution is 2.13. The number of ether oxygens (including phenoxy) is 11. The number of carbonyl (C=O) groups is 1. The van der Waals surface area contributed by atoms with Gasteiger partial charge in [-0.05, 0) is 24.8 Å². The van der Waals surface area contributed by atoms with E-state index in [2.05, 4.69) is 5.32 Å². The van der Waals surface area contributed by atoms with Crippen LogP contribution in [0.2, 0.25) is 0 Å². The van der Waals surface area contributed by atoms with E-state index in [0.717, 1.165) is 31.4 Å². The van der Waals surface area contributed by atoms with Crippen LogP contribution in [0.1, 0.15) is 24.8 Å². The van der Waals surface area contributed by atoms with E-state index in [9.17, 15) is 4.79 Å². The molecule has 44 heavy (non-hydrogen) atoms. The lowest BCUT2D eigenvalue weighted by molar-refractivity contribution is -0.169. The number of rotatable bonds is 30. The maximum Gasteiger partial charge on any atom is 0.407 e. The SMILES string of the molecule is O=C(NCCOCCOCCOCCOCCOCCOCCOCCOCCOC1CCCCO1)OCc1ccccc1. The van der Waals surface area contributed by atoms with Crippen LogP contribution in [0.15, 0.2) is 30.3 Å². The van der Waals surface area contributed by atoms with E-state index in [4.69, 9.17) is 52.1 Å². The zero-order valence-electron chi connectivity index (χ0n) is 26.1. The van der Waals surface area contributed by atoms with Gasteiger partial charge in [-0.15, -0.1) is 0 Å². The molecule has 1 aliphatic heterocycles. The Morgan fingerprint density at radius 2 is 1.07 bits per heavy atom. The summed E-state index contributed by atoms with van der Waals surface area (Å²) in [4.78, 5) is 11.6. The number of benzene rings is 1. The van der Waals surface area contributed by atoms with Crippen molar-refractivity contribution in [2.24, 2.45) is 0 Å². The Kier molecular flexibility index (Phi) is 25.9. The lowest BCUT2D eigenvalue weighted by atomic mass is 10.2. The summed E-state index contributed by atoms with van der Waals surface area (Å²) in [6, 6.07) is 9.51. The smallest absolute Gasteiger partial charge is 0.407 e. The third kappa shape index (κ3) is 24.4. The van der Waals surface area contributed by atoms with Crippen LogP contribution < -0.4 is 5.32 Å². The van der Waals surface area contributed by atoms with E-state index < -0.39 is 6.09 Å². The van der Waals surface area contributed by atoms with E-state index in [1.54, 1.807) is 0 Å². The molecule has 1 atom stereocenters. The lowest BCUT2D eigenvalue weighted by Gasteiger charge is -2.22. The summed E-state index contributed by atoms with van der Waals surface area (Å²) in [5.74, 6) is 0. The molecule has 13 heteroatoms. The van der Waals surface area contributed by atoms with Crippen molar-refractivity contribution in [2.45, 2.75) is 32.2 Å². The predicted octanol–water partition coefficient (Wildman–Crippen LogP) is 2.59. The van der Waals surface area contributed by atoms with Crippen molar-refractivity contribution in [2.75, 3.05) is 125 Å². The molecule has 13 nitrogen and oxygen atoms in total. The van der Waals surface area contributed by atoms with Crippen LogP contribution in [0.5, 0.6) is 0 Å². The van der Waals surface area contributed by atoms with E-state index >= 15 is 0 Å². The Balaban J connectivity index is 1.15. The Bertz CT molecular complexity index is 754. The number of amides is 1. The highest BCUT2D eigenvalue weighted by Gasteiger charge is 2.13.